The highest BCUT2D eigenvalue weighted by Crippen LogP contribution is 2.06. The Hall–Kier alpha value is -1.43. The average molecular weight is 306 g/mol. The zero-order valence-electron chi connectivity index (χ0n) is 13.3. The number of aliphatic hydroxyl groups excluding tert-OH is 1. The highest BCUT2D eigenvalue weighted by Gasteiger charge is 2.15. The minimum atomic E-state index is -0.538. The highest BCUT2D eigenvalue weighted by molar-refractivity contribution is 5.78. The SMILES string of the molecule is CCc1cccc(CC(=O)NCC(O)CN2CCOCC2)c1. The molecule has 1 aromatic rings. The summed E-state index contributed by atoms with van der Waals surface area (Å²) < 4.78 is 5.27. The lowest BCUT2D eigenvalue weighted by Crippen LogP contribution is -2.44. The van der Waals surface area contributed by atoms with Crippen molar-refractivity contribution in [1.29, 1.82) is 0 Å². The molecule has 1 aliphatic heterocycles. The van der Waals surface area contributed by atoms with Crippen LogP contribution in [0.5, 0.6) is 0 Å². The molecular weight excluding hydrogens is 280 g/mol. The molecule has 0 saturated carbocycles. The number of nitrogens with zero attached hydrogens (tertiary/aromatic N) is 1. The van der Waals surface area contributed by atoms with Crippen LogP contribution in [-0.2, 0) is 22.4 Å². The van der Waals surface area contributed by atoms with Crippen LogP contribution in [0.3, 0.4) is 0 Å². The Balaban J connectivity index is 1.70. The fourth-order valence-corrected chi connectivity index (χ4v) is 2.59. The molecule has 122 valence electrons. The van der Waals surface area contributed by atoms with Gasteiger partial charge in [-0.05, 0) is 17.5 Å². The van der Waals surface area contributed by atoms with Gasteiger partial charge in [0.1, 0.15) is 0 Å². The second-order valence-corrected chi connectivity index (χ2v) is 5.72. The Morgan fingerprint density at radius 2 is 2.09 bits per heavy atom. The van der Waals surface area contributed by atoms with Crippen LogP contribution in [-0.4, -0.2) is 61.4 Å². The molecule has 1 aromatic carbocycles. The van der Waals surface area contributed by atoms with Gasteiger partial charge in [0.25, 0.3) is 0 Å². The molecular formula is C17H26N2O3. The maximum Gasteiger partial charge on any atom is 0.224 e. The third kappa shape index (κ3) is 5.75. The molecule has 1 atom stereocenters. The fraction of sp³-hybridized carbons (Fsp3) is 0.588. The summed E-state index contributed by atoms with van der Waals surface area (Å²) in [5.41, 5.74) is 2.25. The Bertz CT molecular complexity index is 473. The zero-order valence-corrected chi connectivity index (χ0v) is 13.3. The standard InChI is InChI=1S/C17H26N2O3/c1-2-14-4-3-5-15(10-14)11-17(21)18-12-16(20)13-19-6-8-22-9-7-19/h3-5,10,16,20H,2,6-9,11-13H2,1H3,(H,18,21). The van der Waals surface area contributed by atoms with Crippen LogP contribution >= 0.6 is 0 Å². The molecule has 0 spiro atoms. The summed E-state index contributed by atoms with van der Waals surface area (Å²) in [6.45, 7) is 6.09. The number of hydrogen-bond acceptors (Lipinski definition) is 4. The molecule has 1 saturated heterocycles. The molecule has 22 heavy (non-hydrogen) atoms. The Morgan fingerprint density at radius 3 is 2.82 bits per heavy atom. The normalized spacial score (nSPS) is 17.2. The molecule has 1 aliphatic rings. The number of hydrogen-bond donors (Lipinski definition) is 2. The number of carbonyl (C=O) groups excluding carboxylic acids is 1. The summed E-state index contributed by atoms with van der Waals surface area (Å²) in [6.07, 6.45) is 0.787. The quantitative estimate of drug-likeness (QED) is 0.774. The van der Waals surface area contributed by atoms with Crippen molar-refractivity contribution in [2.24, 2.45) is 0 Å². The van der Waals surface area contributed by atoms with Gasteiger partial charge in [0.05, 0.1) is 25.7 Å². The molecule has 1 amide bonds. The topological polar surface area (TPSA) is 61.8 Å². The van der Waals surface area contributed by atoms with Crippen molar-refractivity contribution < 1.29 is 14.6 Å². The van der Waals surface area contributed by atoms with Gasteiger partial charge in [0.2, 0.25) is 5.91 Å². The van der Waals surface area contributed by atoms with E-state index in [0.29, 0.717) is 32.7 Å². The van der Waals surface area contributed by atoms with E-state index in [1.54, 1.807) is 0 Å². The van der Waals surface area contributed by atoms with E-state index >= 15 is 0 Å². The summed E-state index contributed by atoms with van der Waals surface area (Å²) in [6, 6.07) is 8.06. The average Bonchev–Trinajstić information content (AvgIpc) is 2.54. The molecule has 5 heteroatoms. The van der Waals surface area contributed by atoms with Crippen LogP contribution in [0.2, 0.25) is 0 Å². The second-order valence-electron chi connectivity index (χ2n) is 5.72. The van der Waals surface area contributed by atoms with Crippen LogP contribution in [0.25, 0.3) is 0 Å². The van der Waals surface area contributed by atoms with Crippen molar-refractivity contribution in [3.05, 3.63) is 35.4 Å². The predicted molar refractivity (Wildman–Crippen MR) is 85.8 cm³/mol. The number of benzene rings is 1. The van der Waals surface area contributed by atoms with Crippen molar-refractivity contribution in [1.82, 2.24) is 10.2 Å². The molecule has 2 N–H and O–H groups in total. The number of amides is 1. The van der Waals surface area contributed by atoms with Gasteiger partial charge in [-0.25, -0.2) is 0 Å². The van der Waals surface area contributed by atoms with Gasteiger partial charge >= 0.3 is 0 Å². The molecule has 0 aromatic heterocycles. The van der Waals surface area contributed by atoms with E-state index in [0.717, 1.165) is 25.1 Å². The molecule has 1 heterocycles. The van der Waals surface area contributed by atoms with Crippen molar-refractivity contribution in [3.63, 3.8) is 0 Å². The largest absolute Gasteiger partial charge is 0.390 e. The zero-order chi connectivity index (χ0) is 15.8. The molecule has 0 radical (unpaired) electrons. The summed E-state index contributed by atoms with van der Waals surface area (Å²) >= 11 is 0. The number of aryl methyl sites for hydroxylation is 1. The van der Waals surface area contributed by atoms with Gasteiger partial charge in [-0.15, -0.1) is 0 Å². The van der Waals surface area contributed by atoms with Gasteiger partial charge in [0, 0.05) is 26.2 Å². The lowest BCUT2D eigenvalue weighted by molar-refractivity contribution is -0.121. The Morgan fingerprint density at radius 1 is 1.36 bits per heavy atom. The van der Waals surface area contributed by atoms with Gasteiger partial charge in [-0.2, -0.15) is 0 Å². The Kier molecular flexibility index (Phi) is 6.83. The molecule has 0 aliphatic carbocycles. The van der Waals surface area contributed by atoms with Gasteiger partial charge in [0.15, 0.2) is 0 Å². The molecule has 1 unspecified atom stereocenters. The van der Waals surface area contributed by atoms with E-state index in [2.05, 4.69) is 29.3 Å². The highest BCUT2D eigenvalue weighted by atomic mass is 16.5. The number of rotatable bonds is 7. The number of nitrogens with one attached hydrogen (secondary N) is 1. The first-order valence-electron chi connectivity index (χ1n) is 8.00. The smallest absolute Gasteiger partial charge is 0.224 e. The van der Waals surface area contributed by atoms with Gasteiger partial charge < -0.3 is 15.2 Å². The van der Waals surface area contributed by atoms with E-state index in [1.807, 2.05) is 12.1 Å². The first-order valence-corrected chi connectivity index (χ1v) is 8.00. The first kappa shape index (κ1) is 16.9. The van der Waals surface area contributed by atoms with Crippen molar-refractivity contribution in [2.75, 3.05) is 39.4 Å². The third-order valence-corrected chi connectivity index (χ3v) is 3.87. The number of carbonyl (C=O) groups is 1. The number of morpholine rings is 1. The van der Waals surface area contributed by atoms with E-state index in [4.69, 9.17) is 4.74 Å². The predicted octanol–water partition coefficient (Wildman–Crippen LogP) is 0.601. The minimum absolute atomic E-state index is 0.0470. The summed E-state index contributed by atoms with van der Waals surface area (Å²) in [5, 5.41) is 12.8. The fourth-order valence-electron chi connectivity index (χ4n) is 2.59. The molecule has 1 fully saturated rings. The van der Waals surface area contributed by atoms with E-state index < -0.39 is 6.10 Å². The molecule has 2 rings (SSSR count). The molecule has 0 bridgehead atoms. The lowest BCUT2D eigenvalue weighted by Gasteiger charge is -2.28. The van der Waals surface area contributed by atoms with Crippen LogP contribution in [0.15, 0.2) is 24.3 Å². The maximum absolute atomic E-state index is 12.0. The van der Waals surface area contributed by atoms with Gasteiger partial charge in [-0.3, -0.25) is 9.69 Å². The monoisotopic (exact) mass is 306 g/mol. The van der Waals surface area contributed by atoms with E-state index in [-0.39, 0.29) is 5.91 Å². The van der Waals surface area contributed by atoms with E-state index in [1.165, 1.54) is 5.56 Å². The van der Waals surface area contributed by atoms with Crippen molar-refractivity contribution in [2.45, 2.75) is 25.9 Å². The lowest BCUT2D eigenvalue weighted by atomic mass is 10.1. The number of aliphatic hydroxyl groups is 1. The van der Waals surface area contributed by atoms with Crippen LogP contribution in [0, 0.1) is 0 Å². The number of ether oxygens (including phenoxy) is 1. The molecule has 5 nitrogen and oxygen atoms in total. The van der Waals surface area contributed by atoms with Crippen LogP contribution in [0.1, 0.15) is 18.1 Å². The van der Waals surface area contributed by atoms with Crippen molar-refractivity contribution in [3.8, 4) is 0 Å². The van der Waals surface area contributed by atoms with Crippen LogP contribution < -0.4 is 5.32 Å². The van der Waals surface area contributed by atoms with Crippen molar-refractivity contribution >= 4 is 5.91 Å². The Labute approximate surface area is 132 Å². The number of β-amino-alcohol motifs (C(OH)–C–C–N with tert-alkyl or cyclic N) is 1. The van der Waals surface area contributed by atoms with E-state index in [9.17, 15) is 9.90 Å². The summed E-state index contributed by atoms with van der Waals surface area (Å²) in [7, 11) is 0. The van der Waals surface area contributed by atoms with Crippen LogP contribution in [0.4, 0.5) is 0 Å². The van der Waals surface area contributed by atoms with Gasteiger partial charge in [-0.1, -0.05) is 31.2 Å². The third-order valence-electron chi connectivity index (χ3n) is 3.87. The minimum Gasteiger partial charge on any atom is -0.390 e. The summed E-state index contributed by atoms with van der Waals surface area (Å²) in [4.78, 5) is 14.1. The maximum atomic E-state index is 12.0. The summed E-state index contributed by atoms with van der Waals surface area (Å²) in [5.74, 6) is -0.0470. The second kappa shape index (κ2) is 8.88. The first-order chi connectivity index (χ1) is 10.7.